The zero-order valence-electron chi connectivity index (χ0n) is 10.5. The maximum atomic E-state index is 3.64. The van der Waals surface area contributed by atoms with Gasteiger partial charge < -0.3 is 5.32 Å². The Morgan fingerprint density at radius 1 is 0.947 bits per heavy atom. The summed E-state index contributed by atoms with van der Waals surface area (Å²) in [5.41, 5.74) is 2.49. The van der Waals surface area contributed by atoms with E-state index in [1.54, 1.807) is 0 Å². The molecule has 0 aliphatic heterocycles. The summed E-state index contributed by atoms with van der Waals surface area (Å²) in [6.07, 6.45) is 0. The number of nitrogens with one attached hydrogen (secondary N) is 1. The molecule has 0 fully saturated rings. The summed E-state index contributed by atoms with van der Waals surface area (Å²) < 4.78 is 3.30. The Bertz CT molecular complexity index is 552. The maximum Gasteiger partial charge on any atom is 0.0588 e. The molecular weight excluding hydrogens is 434 g/mol. The van der Waals surface area contributed by atoms with Crippen molar-refractivity contribution in [3.05, 3.63) is 67.0 Å². The van der Waals surface area contributed by atoms with Gasteiger partial charge in [0.15, 0.2) is 0 Å². The van der Waals surface area contributed by atoms with Crippen LogP contribution >= 0.6 is 47.8 Å². The summed E-state index contributed by atoms with van der Waals surface area (Å²) in [6.45, 7) is 3.04. The van der Waals surface area contributed by atoms with Crippen LogP contribution in [0.5, 0.6) is 0 Å². The number of hydrogen-bond donors (Lipinski definition) is 1. The molecule has 0 aromatic heterocycles. The number of hydrogen-bond acceptors (Lipinski definition) is 1. The van der Waals surface area contributed by atoms with Crippen molar-refractivity contribution in [3.8, 4) is 0 Å². The highest BCUT2D eigenvalue weighted by Gasteiger charge is 2.16. The summed E-state index contributed by atoms with van der Waals surface area (Å²) in [5.74, 6) is 0. The molecule has 2 aromatic rings. The minimum atomic E-state index is 0.185. The average Bonchev–Trinajstić information content (AvgIpc) is 2.40. The third-order valence-corrected chi connectivity index (χ3v) is 4.62. The fourth-order valence-electron chi connectivity index (χ4n) is 2.00. The van der Waals surface area contributed by atoms with Crippen molar-refractivity contribution >= 4 is 47.8 Å². The summed E-state index contributed by atoms with van der Waals surface area (Å²) >= 11 is 10.7. The van der Waals surface area contributed by atoms with Crippen LogP contribution in [-0.2, 0) is 0 Å². The van der Waals surface area contributed by atoms with Crippen LogP contribution in [0.25, 0.3) is 0 Å². The van der Waals surface area contributed by atoms with E-state index in [-0.39, 0.29) is 6.04 Å². The molecule has 2 aromatic carbocycles. The highest BCUT2D eigenvalue weighted by atomic mass is 79.9. The van der Waals surface area contributed by atoms with Crippen LogP contribution in [0.3, 0.4) is 0 Å². The molecule has 1 N–H and O–H groups in total. The maximum absolute atomic E-state index is 3.64. The minimum Gasteiger partial charge on any atom is -0.306 e. The fourth-order valence-corrected chi connectivity index (χ4v) is 3.12. The Morgan fingerprint density at radius 2 is 1.58 bits per heavy atom. The molecule has 19 heavy (non-hydrogen) atoms. The Morgan fingerprint density at radius 3 is 2.21 bits per heavy atom. The van der Waals surface area contributed by atoms with Crippen molar-refractivity contribution in [1.82, 2.24) is 5.32 Å². The molecule has 0 saturated carbocycles. The highest BCUT2D eigenvalue weighted by Crippen LogP contribution is 2.31. The van der Waals surface area contributed by atoms with E-state index in [1.807, 2.05) is 6.07 Å². The van der Waals surface area contributed by atoms with E-state index in [2.05, 4.69) is 96.4 Å². The molecule has 0 aliphatic carbocycles. The number of rotatable bonds is 4. The minimum absolute atomic E-state index is 0.185. The second-order valence-corrected chi connectivity index (χ2v) is 6.89. The van der Waals surface area contributed by atoms with Crippen LogP contribution < -0.4 is 5.32 Å². The van der Waals surface area contributed by atoms with Crippen molar-refractivity contribution in [1.29, 1.82) is 0 Å². The molecular formula is C15H14Br3N. The highest BCUT2D eigenvalue weighted by molar-refractivity contribution is 9.11. The standard InChI is InChI=1S/C15H14Br3N/c1-2-19-15(10-3-5-11(16)6-4-10)13-9-12(17)7-8-14(13)18/h3-9,15,19H,2H2,1H3. The summed E-state index contributed by atoms with van der Waals surface area (Å²) in [7, 11) is 0. The molecule has 1 atom stereocenters. The first kappa shape index (κ1) is 15.2. The van der Waals surface area contributed by atoms with Gasteiger partial charge in [0, 0.05) is 13.4 Å². The van der Waals surface area contributed by atoms with Gasteiger partial charge in [-0.1, -0.05) is 66.8 Å². The van der Waals surface area contributed by atoms with Gasteiger partial charge >= 0.3 is 0 Å². The Hall–Kier alpha value is -0.160. The molecule has 1 unspecified atom stereocenters. The third-order valence-electron chi connectivity index (χ3n) is 2.88. The van der Waals surface area contributed by atoms with Gasteiger partial charge in [0.2, 0.25) is 0 Å². The predicted molar refractivity (Wildman–Crippen MR) is 91.5 cm³/mol. The summed E-state index contributed by atoms with van der Waals surface area (Å²) in [6, 6.07) is 14.9. The topological polar surface area (TPSA) is 12.0 Å². The van der Waals surface area contributed by atoms with Gasteiger partial charge in [0.25, 0.3) is 0 Å². The summed E-state index contributed by atoms with van der Waals surface area (Å²) in [4.78, 5) is 0. The number of halogens is 3. The van der Waals surface area contributed by atoms with Crippen molar-refractivity contribution in [2.75, 3.05) is 6.54 Å². The van der Waals surface area contributed by atoms with Gasteiger partial charge in [-0.2, -0.15) is 0 Å². The second-order valence-electron chi connectivity index (χ2n) is 4.21. The molecule has 2 rings (SSSR count). The largest absolute Gasteiger partial charge is 0.306 e. The van der Waals surface area contributed by atoms with Crippen LogP contribution in [0.15, 0.2) is 55.9 Å². The van der Waals surface area contributed by atoms with Gasteiger partial charge in [-0.15, -0.1) is 0 Å². The van der Waals surface area contributed by atoms with Crippen molar-refractivity contribution in [2.24, 2.45) is 0 Å². The molecule has 0 aliphatic rings. The zero-order chi connectivity index (χ0) is 13.8. The molecule has 0 heterocycles. The van der Waals surface area contributed by atoms with E-state index in [9.17, 15) is 0 Å². The summed E-state index contributed by atoms with van der Waals surface area (Å²) in [5, 5.41) is 3.54. The lowest BCUT2D eigenvalue weighted by molar-refractivity contribution is 0.628. The molecule has 0 saturated heterocycles. The lowest BCUT2D eigenvalue weighted by Crippen LogP contribution is -2.22. The molecule has 0 spiro atoms. The van der Waals surface area contributed by atoms with Crippen LogP contribution in [-0.4, -0.2) is 6.54 Å². The van der Waals surface area contributed by atoms with E-state index in [1.165, 1.54) is 11.1 Å². The van der Waals surface area contributed by atoms with Gasteiger partial charge in [0.1, 0.15) is 0 Å². The smallest absolute Gasteiger partial charge is 0.0588 e. The molecule has 0 radical (unpaired) electrons. The van der Waals surface area contributed by atoms with Crippen molar-refractivity contribution < 1.29 is 0 Å². The van der Waals surface area contributed by atoms with Gasteiger partial charge in [0.05, 0.1) is 6.04 Å². The van der Waals surface area contributed by atoms with E-state index >= 15 is 0 Å². The first-order valence-corrected chi connectivity index (χ1v) is 8.43. The predicted octanol–water partition coefficient (Wildman–Crippen LogP) is 5.67. The van der Waals surface area contributed by atoms with Crippen LogP contribution in [0, 0.1) is 0 Å². The molecule has 100 valence electrons. The van der Waals surface area contributed by atoms with Crippen molar-refractivity contribution in [2.45, 2.75) is 13.0 Å². The first-order chi connectivity index (χ1) is 9.11. The Labute approximate surface area is 139 Å². The molecule has 1 nitrogen and oxygen atoms in total. The van der Waals surface area contributed by atoms with Gasteiger partial charge in [-0.05, 0) is 48.0 Å². The number of benzene rings is 2. The fraction of sp³-hybridized carbons (Fsp3) is 0.200. The van der Waals surface area contributed by atoms with E-state index < -0.39 is 0 Å². The van der Waals surface area contributed by atoms with E-state index in [0.717, 1.165) is 20.0 Å². The molecule has 0 amide bonds. The van der Waals surface area contributed by atoms with Gasteiger partial charge in [-0.3, -0.25) is 0 Å². The molecule has 4 heteroatoms. The van der Waals surface area contributed by atoms with Crippen LogP contribution in [0.4, 0.5) is 0 Å². The van der Waals surface area contributed by atoms with Gasteiger partial charge in [-0.25, -0.2) is 0 Å². The third kappa shape index (κ3) is 3.91. The van der Waals surface area contributed by atoms with Crippen LogP contribution in [0.1, 0.15) is 24.1 Å². The average molecular weight is 448 g/mol. The van der Waals surface area contributed by atoms with Crippen LogP contribution in [0.2, 0.25) is 0 Å². The zero-order valence-corrected chi connectivity index (χ0v) is 15.2. The Kier molecular flexibility index (Phi) is 5.63. The normalized spacial score (nSPS) is 12.4. The SMILES string of the molecule is CCNC(c1ccc(Br)cc1)c1cc(Br)ccc1Br. The molecule has 0 bridgehead atoms. The quantitative estimate of drug-likeness (QED) is 0.636. The first-order valence-electron chi connectivity index (χ1n) is 6.05. The monoisotopic (exact) mass is 445 g/mol. The van der Waals surface area contributed by atoms with Crippen molar-refractivity contribution in [3.63, 3.8) is 0 Å². The second kappa shape index (κ2) is 7.02. The van der Waals surface area contributed by atoms with E-state index in [4.69, 9.17) is 0 Å². The Balaban J connectivity index is 2.44. The lowest BCUT2D eigenvalue weighted by Gasteiger charge is -2.20. The van der Waals surface area contributed by atoms with E-state index in [0.29, 0.717) is 0 Å². The lowest BCUT2D eigenvalue weighted by atomic mass is 9.99.